The Hall–Kier alpha value is -3.72. The fraction of sp³-hybridized carbons (Fsp3) is 0.231. The van der Waals surface area contributed by atoms with Crippen molar-refractivity contribution >= 4 is 27.4 Å². The number of ether oxygens (including phenoxy) is 1. The van der Waals surface area contributed by atoms with E-state index in [1.54, 1.807) is 24.5 Å². The van der Waals surface area contributed by atoms with Crippen molar-refractivity contribution < 1.29 is 13.3 Å². The number of benzene rings is 3. The van der Waals surface area contributed by atoms with E-state index in [1.165, 1.54) is 19.4 Å². The first-order valence-electron chi connectivity index (χ1n) is 10.9. The monoisotopic (exact) mass is 495 g/mol. The van der Waals surface area contributed by atoms with Crippen molar-refractivity contribution in [2.75, 3.05) is 18.1 Å². The summed E-state index contributed by atoms with van der Waals surface area (Å²) < 4.78 is 37.3. The predicted octanol–water partition coefficient (Wildman–Crippen LogP) is 4.50. The van der Waals surface area contributed by atoms with Gasteiger partial charge in [-0.2, -0.15) is 0 Å². The van der Waals surface area contributed by atoms with Gasteiger partial charge in [-0.05, 0) is 46.0 Å². The number of rotatable bonds is 5. The number of nitrogens with zero attached hydrogens (tertiary/aromatic N) is 1. The Labute approximate surface area is 204 Å². The van der Waals surface area contributed by atoms with Gasteiger partial charge in [0.1, 0.15) is 16.7 Å². The molecule has 35 heavy (non-hydrogen) atoms. The average molecular weight is 496 g/mol. The Balaban J connectivity index is 2.01. The first-order chi connectivity index (χ1) is 16.5. The van der Waals surface area contributed by atoms with Gasteiger partial charge >= 0.3 is 5.69 Å². The van der Waals surface area contributed by atoms with E-state index in [4.69, 9.17) is 4.74 Å². The van der Waals surface area contributed by atoms with E-state index in [0.717, 1.165) is 15.3 Å². The van der Waals surface area contributed by atoms with Gasteiger partial charge < -0.3 is 9.46 Å². The molecule has 0 aliphatic carbocycles. The molecule has 4 aromatic rings. The summed E-state index contributed by atoms with van der Waals surface area (Å²) in [7, 11) is 0.287. The number of halogens is 1. The molecule has 1 atom stereocenters. The van der Waals surface area contributed by atoms with Gasteiger partial charge in [0.25, 0.3) is 5.56 Å². The van der Waals surface area contributed by atoms with Crippen molar-refractivity contribution in [3.63, 3.8) is 0 Å². The van der Waals surface area contributed by atoms with E-state index in [9.17, 15) is 13.8 Å². The van der Waals surface area contributed by atoms with E-state index in [2.05, 4.69) is 9.71 Å². The molecular weight excluding hydrogens is 469 g/mol. The Morgan fingerprint density at radius 1 is 1.03 bits per heavy atom. The molecule has 0 radical (unpaired) electrons. The van der Waals surface area contributed by atoms with Gasteiger partial charge in [-0.15, -0.1) is 0 Å². The van der Waals surface area contributed by atoms with Gasteiger partial charge in [0, 0.05) is 29.8 Å². The van der Waals surface area contributed by atoms with Gasteiger partial charge in [0.15, 0.2) is 5.82 Å². The zero-order valence-corrected chi connectivity index (χ0v) is 20.9. The Morgan fingerprint density at radius 3 is 2.34 bits per heavy atom. The normalized spacial score (nSPS) is 12.5. The quantitative estimate of drug-likeness (QED) is 0.427. The van der Waals surface area contributed by atoms with Crippen LogP contribution in [0.3, 0.4) is 0 Å². The third kappa shape index (κ3) is 4.77. The number of H-pyrrole nitrogens is 1. The molecule has 1 aromatic heterocycles. The summed E-state index contributed by atoms with van der Waals surface area (Å²) in [4.78, 5) is 26.3. The van der Waals surface area contributed by atoms with Crippen LogP contribution in [0.15, 0.2) is 64.3 Å². The third-order valence-electron chi connectivity index (χ3n) is 5.68. The minimum atomic E-state index is -1.20. The van der Waals surface area contributed by atoms with Crippen molar-refractivity contribution in [3.05, 3.63) is 86.9 Å². The van der Waals surface area contributed by atoms with E-state index >= 15 is 4.39 Å². The third-order valence-corrected chi connectivity index (χ3v) is 6.21. The number of hydrogen-bond donors (Lipinski definition) is 2. The van der Waals surface area contributed by atoms with Crippen LogP contribution in [-0.2, 0) is 16.4 Å². The zero-order valence-electron chi connectivity index (χ0n) is 20.1. The highest BCUT2D eigenvalue weighted by Gasteiger charge is 2.28. The summed E-state index contributed by atoms with van der Waals surface area (Å²) in [6.45, 7) is 5.91. The molecule has 1 heterocycles. The van der Waals surface area contributed by atoms with Crippen LogP contribution >= 0.6 is 0 Å². The van der Waals surface area contributed by atoms with Gasteiger partial charge in [-0.1, -0.05) is 39.0 Å². The molecule has 1 unspecified atom stereocenters. The number of anilines is 1. The van der Waals surface area contributed by atoms with E-state index < -0.39 is 33.5 Å². The second kappa shape index (κ2) is 9.14. The lowest BCUT2D eigenvalue weighted by atomic mass is 9.83. The molecule has 0 aliphatic heterocycles. The molecule has 0 bridgehead atoms. The second-order valence-electron chi connectivity index (χ2n) is 9.23. The van der Waals surface area contributed by atoms with Crippen molar-refractivity contribution in [3.8, 4) is 22.6 Å². The van der Waals surface area contributed by atoms with Crippen LogP contribution in [0.1, 0.15) is 26.3 Å². The summed E-state index contributed by atoms with van der Waals surface area (Å²) in [6.07, 6.45) is 2.81. The molecule has 0 spiro atoms. The highest BCUT2D eigenvalue weighted by Crippen LogP contribution is 2.43. The molecule has 4 rings (SSSR count). The van der Waals surface area contributed by atoms with Crippen LogP contribution in [0.5, 0.6) is 5.75 Å². The van der Waals surface area contributed by atoms with E-state index in [1.807, 2.05) is 45.0 Å². The molecule has 7 nitrogen and oxygen atoms in total. The number of nitrogens with one attached hydrogen (secondary N) is 2. The van der Waals surface area contributed by atoms with Crippen molar-refractivity contribution in [1.82, 2.24) is 9.55 Å². The standard InChI is InChI=1S/C26H26FN3O4S/c1-26(2,3)19-14-20(30-11-10-21(31)28-25(30)32)23(27)22(24(19)34-4)17-7-6-16-13-18(29-35(5)33)9-8-15(16)12-17/h6-14,29H,1-5H3,(H,28,31,32). The molecule has 0 amide bonds. The molecular formula is C26H26FN3O4S. The lowest BCUT2D eigenvalue weighted by molar-refractivity contribution is 0.396. The molecule has 3 aromatic carbocycles. The summed E-state index contributed by atoms with van der Waals surface area (Å²) >= 11 is 0. The van der Waals surface area contributed by atoms with Crippen molar-refractivity contribution in [1.29, 1.82) is 0 Å². The zero-order chi connectivity index (χ0) is 25.5. The van der Waals surface area contributed by atoms with Crippen molar-refractivity contribution in [2.24, 2.45) is 0 Å². The van der Waals surface area contributed by atoms with Crippen LogP contribution in [0.4, 0.5) is 10.1 Å². The van der Waals surface area contributed by atoms with Crippen LogP contribution in [0.25, 0.3) is 27.6 Å². The fourth-order valence-corrected chi connectivity index (χ4v) is 4.53. The lowest BCUT2D eigenvalue weighted by Gasteiger charge is -2.26. The Bertz CT molecular complexity index is 1580. The first kappa shape index (κ1) is 24.4. The van der Waals surface area contributed by atoms with Crippen LogP contribution in [0, 0.1) is 5.82 Å². The van der Waals surface area contributed by atoms with Gasteiger partial charge in [-0.3, -0.25) is 14.3 Å². The molecule has 0 aliphatic rings. The summed E-state index contributed by atoms with van der Waals surface area (Å²) in [5, 5.41) is 1.73. The number of aromatic amines is 1. The van der Waals surface area contributed by atoms with Crippen LogP contribution in [-0.4, -0.2) is 27.1 Å². The average Bonchev–Trinajstić information content (AvgIpc) is 2.77. The molecule has 182 valence electrons. The van der Waals surface area contributed by atoms with Gasteiger partial charge in [0.05, 0.1) is 18.4 Å². The predicted molar refractivity (Wildman–Crippen MR) is 139 cm³/mol. The number of hydrogen-bond acceptors (Lipinski definition) is 4. The molecule has 0 fully saturated rings. The largest absolute Gasteiger partial charge is 0.496 e. The second-order valence-corrected chi connectivity index (χ2v) is 10.3. The molecule has 0 saturated heterocycles. The SMILES string of the molecule is COc1c(C(C)(C)C)cc(-n2ccc(=O)[nH]c2=O)c(F)c1-c1ccc2cc(NS(C)=O)ccc2c1. The lowest BCUT2D eigenvalue weighted by Crippen LogP contribution is -2.28. The summed E-state index contributed by atoms with van der Waals surface area (Å²) in [5.74, 6) is -0.279. The van der Waals surface area contributed by atoms with Gasteiger partial charge in [0.2, 0.25) is 0 Å². The molecule has 9 heteroatoms. The smallest absolute Gasteiger partial charge is 0.333 e. The topological polar surface area (TPSA) is 93.2 Å². The Morgan fingerprint density at radius 2 is 1.71 bits per heavy atom. The molecule has 2 N–H and O–H groups in total. The number of methoxy groups -OCH3 is 1. The highest BCUT2D eigenvalue weighted by atomic mass is 32.2. The maximum atomic E-state index is 16.2. The minimum Gasteiger partial charge on any atom is -0.496 e. The highest BCUT2D eigenvalue weighted by molar-refractivity contribution is 7.85. The van der Waals surface area contributed by atoms with E-state index in [-0.39, 0.29) is 11.3 Å². The maximum Gasteiger partial charge on any atom is 0.333 e. The maximum absolute atomic E-state index is 16.2. The van der Waals surface area contributed by atoms with Crippen LogP contribution < -0.4 is 20.7 Å². The molecule has 0 saturated carbocycles. The first-order valence-corrected chi connectivity index (χ1v) is 12.4. The minimum absolute atomic E-state index is 0.0112. The summed E-state index contributed by atoms with van der Waals surface area (Å²) in [6, 6.07) is 13.8. The fourth-order valence-electron chi connectivity index (χ4n) is 4.07. The van der Waals surface area contributed by atoms with Crippen LogP contribution in [0.2, 0.25) is 0 Å². The number of aromatic nitrogens is 2. The summed E-state index contributed by atoms with van der Waals surface area (Å²) in [5.41, 5.74) is 0.465. The Kier molecular flexibility index (Phi) is 6.38. The van der Waals surface area contributed by atoms with Crippen molar-refractivity contribution in [2.45, 2.75) is 26.2 Å². The van der Waals surface area contributed by atoms with E-state index in [0.29, 0.717) is 22.6 Å². The number of fused-ring (bicyclic) bond motifs is 1. The van der Waals surface area contributed by atoms with Gasteiger partial charge in [-0.25, -0.2) is 13.4 Å².